The van der Waals surface area contributed by atoms with E-state index in [-0.39, 0.29) is 24.8 Å². The molecule has 36 heavy (non-hydrogen) atoms. The van der Waals surface area contributed by atoms with Crippen LogP contribution in [0, 0.1) is 0 Å². The quantitative estimate of drug-likeness (QED) is 0.319. The molecule has 2 unspecified atom stereocenters. The number of hydrogen-bond acceptors (Lipinski definition) is 1. The third-order valence-corrected chi connectivity index (χ3v) is 14.0. The first-order valence-electron chi connectivity index (χ1n) is 12.7. The van der Waals surface area contributed by atoms with Gasteiger partial charge in [0.15, 0.2) is 0 Å². The summed E-state index contributed by atoms with van der Waals surface area (Å²) in [6.07, 6.45) is 9.35. The first kappa shape index (κ1) is 29.4. The maximum absolute atomic E-state index is 5.51. The summed E-state index contributed by atoms with van der Waals surface area (Å²) in [5.41, 5.74) is 12.5. The van der Waals surface area contributed by atoms with Crippen LogP contribution in [-0.4, -0.2) is 8.07 Å². The molecule has 4 aliphatic rings. The molecule has 2 aliphatic heterocycles. The molecular formula is C31H35Cl2OSiZr. The van der Waals surface area contributed by atoms with Crippen LogP contribution >= 0.6 is 0 Å². The number of benzene rings is 2. The summed E-state index contributed by atoms with van der Waals surface area (Å²) in [4.78, 5) is 0. The van der Waals surface area contributed by atoms with Crippen molar-refractivity contribution in [2.24, 2.45) is 0 Å². The van der Waals surface area contributed by atoms with Crippen molar-refractivity contribution in [1.29, 1.82) is 0 Å². The molecule has 7 rings (SSSR count). The van der Waals surface area contributed by atoms with Gasteiger partial charge in [-0.2, -0.15) is 0 Å². The Kier molecular flexibility index (Phi) is 9.59. The van der Waals surface area contributed by atoms with E-state index in [1.807, 2.05) is 6.26 Å². The standard InChI is InChI=1S/C21H23.C10H12OSi.2ClH.Zr/c1-3-4-5-7-17-10-12-18(13-11-17)20-9-6-8-19-14-16(2)15-21(19)20;1-6-9-7-4-5-11-8(7)10(6)12(9,2)3;;;/h6,8-15H,3-5,7H2,1-2H3;4-5,9H,1-3H3;2*1H;/q;;;;+2/p-2. The zero-order valence-corrected chi connectivity index (χ0v) is 26.9. The Labute approximate surface area is 245 Å². The van der Waals surface area contributed by atoms with Crippen LogP contribution in [0.25, 0.3) is 22.4 Å². The number of halogens is 2. The number of hydrogen-bond donors (Lipinski definition) is 0. The summed E-state index contributed by atoms with van der Waals surface area (Å²) in [5.74, 6) is 1.22. The van der Waals surface area contributed by atoms with Crippen molar-refractivity contribution in [3.05, 3.63) is 94.0 Å². The SMILES string of the molecule is CC1=C2c3occc3C1[Si]2(C)C.CCCCCc1ccc(-c2cccc3c2C=C(C)[CH]3[Zr+2])cc1.[Cl-].[Cl-]. The average Bonchev–Trinajstić information content (AvgIpc) is 3.52. The molecule has 0 fully saturated rings. The second kappa shape index (κ2) is 11.7. The Morgan fingerprint density at radius 2 is 1.64 bits per heavy atom. The van der Waals surface area contributed by atoms with Gasteiger partial charge in [-0.15, -0.1) is 0 Å². The molecule has 2 aliphatic carbocycles. The molecule has 5 heteroatoms. The van der Waals surface area contributed by atoms with Gasteiger partial charge < -0.3 is 29.2 Å². The minimum atomic E-state index is -1.08. The molecule has 0 amide bonds. The largest absolute Gasteiger partial charge is 1.00 e. The molecule has 0 saturated carbocycles. The first-order valence-corrected chi connectivity index (χ1v) is 17.2. The van der Waals surface area contributed by atoms with Crippen LogP contribution in [0.15, 0.2) is 70.4 Å². The molecule has 2 atom stereocenters. The number of allylic oxidation sites excluding steroid dienone is 2. The van der Waals surface area contributed by atoms with Crippen LogP contribution in [-0.2, 0) is 31.1 Å². The molecule has 1 aromatic heterocycles. The molecule has 187 valence electrons. The van der Waals surface area contributed by atoms with Crippen molar-refractivity contribution in [2.75, 3.05) is 0 Å². The van der Waals surface area contributed by atoms with Gasteiger partial charge >= 0.3 is 143 Å². The van der Waals surface area contributed by atoms with Crippen molar-refractivity contribution in [1.82, 2.24) is 0 Å². The minimum Gasteiger partial charge on any atom is -1.00 e. The Morgan fingerprint density at radius 1 is 0.917 bits per heavy atom. The Morgan fingerprint density at radius 3 is 2.28 bits per heavy atom. The second-order valence-corrected chi connectivity index (χ2v) is 16.6. The van der Waals surface area contributed by atoms with E-state index >= 15 is 0 Å². The fourth-order valence-corrected chi connectivity index (χ4v) is 11.4. The summed E-state index contributed by atoms with van der Waals surface area (Å²) in [5, 5.41) is 1.59. The number of aryl methyl sites for hydroxylation is 1. The van der Waals surface area contributed by atoms with Crippen LogP contribution in [0.1, 0.15) is 77.2 Å². The van der Waals surface area contributed by atoms with E-state index < -0.39 is 8.07 Å². The molecule has 0 radical (unpaired) electrons. The van der Waals surface area contributed by atoms with Gasteiger partial charge in [0.2, 0.25) is 0 Å². The van der Waals surface area contributed by atoms with E-state index in [0.29, 0.717) is 3.63 Å². The van der Waals surface area contributed by atoms with E-state index in [2.05, 4.69) is 88.5 Å². The molecule has 3 heterocycles. The number of furan rings is 1. The summed E-state index contributed by atoms with van der Waals surface area (Å²) in [6, 6.07) is 18.2. The van der Waals surface area contributed by atoms with E-state index in [1.165, 1.54) is 70.4 Å². The average molecular weight is 614 g/mol. The van der Waals surface area contributed by atoms with Crippen LogP contribution in [0.3, 0.4) is 0 Å². The summed E-state index contributed by atoms with van der Waals surface area (Å²) < 4.78 is 6.16. The molecule has 3 aromatic rings. The Balaban J connectivity index is 0.000000218. The maximum Gasteiger partial charge on any atom is -1.00 e. The fourth-order valence-electron chi connectivity index (χ4n) is 6.34. The smallest absolute Gasteiger partial charge is 1.00 e. The van der Waals surface area contributed by atoms with Gasteiger partial charge in [0.25, 0.3) is 0 Å². The van der Waals surface area contributed by atoms with Crippen molar-refractivity contribution in [3.63, 3.8) is 0 Å². The van der Waals surface area contributed by atoms with Crippen molar-refractivity contribution in [3.8, 4) is 11.1 Å². The van der Waals surface area contributed by atoms with Gasteiger partial charge in [0, 0.05) is 11.1 Å². The summed E-state index contributed by atoms with van der Waals surface area (Å²) in [6.45, 7) is 11.7. The van der Waals surface area contributed by atoms with Gasteiger partial charge in [-0.05, 0) is 18.2 Å². The minimum absolute atomic E-state index is 0. The van der Waals surface area contributed by atoms with Crippen molar-refractivity contribution < 1.29 is 54.0 Å². The van der Waals surface area contributed by atoms with Crippen LogP contribution in [0.5, 0.6) is 0 Å². The van der Waals surface area contributed by atoms with Crippen LogP contribution in [0.2, 0.25) is 13.1 Å². The fraction of sp³-hybridized carbons (Fsp3) is 0.355. The first-order chi connectivity index (χ1) is 16.3. The molecule has 1 nitrogen and oxygen atoms in total. The van der Waals surface area contributed by atoms with Gasteiger partial charge in [-0.3, -0.25) is 0 Å². The number of fused-ring (bicyclic) bond motifs is 1. The molecule has 0 spiro atoms. The van der Waals surface area contributed by atoms with Crippen molar-refractivity contribution in [2.45, 2.75) is 68.7 Å². The van der Waals surface area contributed by atoms with E-state index in [0.717, 1.165) is 5.54 Å². The van der Waals surface area contributed by atoms with E-state index in [1.54, 1.807) is 35.5 Å². The predicted octanol–water partition coefficient (Wildman–Crippen LogP) is 3.05. The zero-order chi connectivity index (χ0) is 24.0. The topological polar surface area (TPSA) is 13.1 Å². The second-order valence-electron chi connectivity index (χ2n) is 10.7. The molecule has 0 saturated heterocycles. The molecule has 0 N–H and O–H groups in total. The normalized spacial score (nSPS) is 19.7. The van der Waals surface area contributed by atoms with Crippen LogP contribution < -0.4 is 24.8 Å². The predicted molar refractivity (Wildman–Crippen MR) is 143 cm³/mol. The summed E-state index contributed by atoms with van der Waals surface area (Å²) >= 11 is 1.59. The van der Waals surface area contributed by atoms with Gasteiger partial charge in [-0.1, -0.05) is 25.6 Å². The van der Waals surface area contributed by atoms with Gasteiger partial charge in [0.1, 0.15) is 5.76 Å². The third kappa shape index (κ3) is 4.98. The number of rotatable bonds is 5. The molecule has 2 aromatic carbocycles. The Bertz CT molecular complexity index is 1290. The summed E-state index contributed by atoms with van der Waals surface area (Å²) in [7, 11) is -1.08. The maximum atomic E-state index is 5.51. The zero-order valence-electron chi connectivity index (χ0n) is 21.9. The number of unbranched alkanes of at least 4 members (excludes halogenated alkanes) is 2. The molecular weight excluding hydrogens is 579 g/mol. The third-order valence-electron chi connectivity index (χ3n) is 8.04. The van der Waals surface area contributed by atoms with Crippen molar-refractivity contribution >= 4 is 19.3 Å². The monoisotopic (exact) mass is 611 g/mol. The molecule has 2 bridgehead atoms. The van der Waals surface area contributed by atoms with Gasteiger partial charge in [-0.25, -0.2) is 0 Å². The van der Waals surface area contributed by atoms with Gasteiger partial charge in [0.05, 0.1) is 14.3 Å². The van der Waals surface area contributed by atoms with Crippen LogP contribution in [0.4, 0.5) is 0 Å². The van der Waals surface area contributed by atoms with E-state index in [4.69, 9.17) is 4.42 Å². The van der Waals surface area contributed by atoms with E-state index in [9.17, 15) is 0 Å². The Hall–Kier alpha value is -1.12.